The molecule has 0 saturated heterocycles. The van der Waals surface area contributed by atoms with Crippen LogP contribution >= 0.6 is 27.7 Å². The summed E-state index contributed by atoms with van der Waals surface area (Å²) in [5.41, 5.74) is 8.49. The molecule has 0 fully saturated rings. The molecule has 2 aromatic rings. The lowest BCUT2D eigenvalue weighted by atomic mass is 10.1. The number of aromatic nitrogens is 2. The van der Waals surface area contributed by atoms with Crippen LogP contribution in [0.5, 0.6) is 0 Å². The molecule has 21 heavy (non-hydrogen) atoms. The molecule has 5 heteroatoms. The van der Waals surface area contributed by atoms with E-state index in [1.165, 1.54) is 35.4 Å². The first-order valence-electron chi connectivity index (χ1n) is 7.25. The van der Waals surface area contributed by atoms with Gasteiger partial charge in [0.25, 0.3) is 0 Å². The minimum atomic E-state index is 0.685. The van der Waals surface area contributed by atoms with Crippen LogP contribution in [0.1, 0.15) is 36.3 Å². The third-order valence-electron chi connectivity index (χ3n) is 3.70. The van der Waals surface area contributed by atoms with Gasteiger partial charge in [-0.05, 0) is 53.7 Å². The summed E-state index contributed by atoms with van der Waals surface area (Å²) in [6.07, 6.45) is 5.73. The maximum atomic E-state index is 6.14. The molecular weight excluding hydrogens is 346 g/mol. The molecule has 3 nitrogen and oxygen atoms in total. The number of nitrogens with zero attached hydrogens (tertiary/aromatic N) is 2. The number of thioether (sulfide) groups is 1. The van der Waals surface area contributed by atoms with E-state index in [1.54, 1.807) is 11.8 Å². The maximum Gasteiger partial charge on any atom is 0.141 e. The van der Waals surface area contributed by atoms with Crippen LogP contribution in [0.15, 0.2) is 33.6 Å². The van der Waals surface area contributed by atoms with Gasteiger partial charge in [-0.2, -0.15) is 0 Å². The number of hydrogen-bond donors (Lipinski definition) is 1. The van der Waals surface area contributed by atoms with Gasteiger partial charge in [-0.1, -0.05) is 18.6 Å². The van der Waals surface area contributed by atoms with Crippen LogP contribution < -0.4 is 5.73 Å². The number of hydrogen-bond acceptors (Lipinski definition) is 4. The van der Waals surface area contributed by atoms with Crippen molar-refractivity contribution >= 4 is 33.5 Å². The molecule has 0 spiro atoms. The van der Waals surface area contributed by atoms with Crippen LogP contribution in [0.2, 0.25) is 0 Å². The van der Waals surface area contributed by atoms with E-state index in [9.17, 15) is 0 Å². The van der Waals surface area contributed by atoms with Crippen molar-refractivity contribution in [1.82, 2.24) is 9.97 Å². The van der Waals surface area contributed by atoms with E-state index in [1.807, 2.05) is 12.1 Å². The average Bonchev–Trinajstić information content (AvgIpc) is 2.72. The van der Waals surface area contributed by atoms with Crippen molar-refractivity contribution in [2.24, 2.45) is 0 Å². The van der Waals surface area contributed by atoms with Crippen LogP contribution in [-0.4, -0.2) is 9.97 Å². The Kier molecular flexibility index (Phi) is 4.80. The van der Waals surface area contributed by atoms with Crippen LogP contribution in [0, 0.1) is 0 Å². The van der Waals surface area contributed by atoms with E-state index < -0.39 is 0 Å². The first-order chi connectivity index (χ1) is 10.2. The molecule has 0 radical (unpaired) electrons. The largest absolute Gasteiger partial charge is 0.383 e. The lowest BCUT2D eigenvalue weighted by Gasteiger charge is -2.10. The Morgan fingerprint density at radius 3 is 2.76 bits per heavy atom. The molecule has 0 amide bonds. The minimum Gasteiger partial charge on any atom is -0.383 e. The van der Waals surface area contributed by atoms with Crippen LogP contribution in [0.25, 0.3) is 0 Å². The smallest absolute Gasteiger partial charge is 0.141 e. The van der Waals surface area contributed by atoms with E-state index in [0.717, 1.165) is 28.9 Å². The minimum absolute atomic E-state index is 0.685. The molecule has 110 valence electrons. The fourth-order valence-electron chi connectivity index (χ4n) is 2.62. The SMILES string of the molecule is Nc1nc(CSc2ccccc2Br)nc2c1CCCCC2. The van der Waals surface area contributed by atoms with Crippen molar-refractivity contribution in [2.45, 2.75) is 42.8 Å². The van der Waals surface area contributed by atoms with E-state index in [2.05, 4.69) is 33.0 Å². The van der Waals surface area contributed by atoms with Gasteiger partial charge in [0, 0.05) is 20.6 Å². The van der Waals surface area contributed by atoms with Crippen molar-refractivity contribution in [2.75, 3.05) is 5.73 Å². The molecule has 0 unspecified atom stereocenters. The Balaban J connectivity index is 1.79. The highest BCUT2D eigenvalue weighted by Crippen LogP contribution is 2.30. The second-order valence-corrected chi connectivity index (χ2v) is 7.10. The Hall–Kier alpha value is -1.07. The molecule has 0 aliphatic heterocycles. The molecule has 1 aliphatic rings. The summed E-state index contributed by atoms with van der Waals surface area (Å²) >= 11 is 5.31. The highest BCUT2D eigenvalue weighted by atomic mass is 79.9. The topological polar surface area (TPSA) is 51.8 Å². The normalized spacial score (nSPS) is 14.5. The van der Waals surface area contributed by atoms with E-state index >= 15 is 0 Å². The number of nitrogen functional groups attached to an aromatic ring is 1. The number of nitrogens with two attached hydrogens (primary N) is 1. The second-order valence-electron chi connectivity index (χ2n) is 5.23. The number of anilines is 1. The number of halogens is 1. The van der Waals surface area contributed by atoms with Gasteiger partial charge in [-0.3, -0.25) is 0 Å². The molecule has 1 aromatic carbocycles. The lowest BCUT2D eigenvalue weighted by molar-refractivity contribution is 0.708. The third kappa shape index (κ3) is 3.58. The summed E-state index contributed by atoms with van der Waals surface area (Å²) in [5, 5.41) is 0. The van der Waals surface area contributed by atoms with Gasteiger partial charge in [-0.25, -0.2) is 9.97 Å². The second kappa shape index (κ2) is 6.79. The molecule has 1 heterocycles. The van der Waals surface area contributed by atoms with Crippen molar-refractivity contribution in [3.63, 3.8) is 0 Å². The number of fused-ring (bicyclic) bond motifs is 1. The van der Waals surface area contributed by atoms with Crippen molar-refractivity contribution < 1.29 is 0 Å². The Bertz CT molecular complexity index is 645. The van der Waals surface area contributed by atoms with Gasteiger partial charge in [-0.15, -0.1) is 11.8 Å². The first-order valence-corrected chi connectivity index (χ1v) is 9.03. The quantitative estimate of drug-likeness (QED) is 0.649. The predicted octanol–water partition coefficient (Wildman–Crippen LogP) is 4.38. The van der Waals surface area contributed by atoms with E-state index in [0.29, 0.717) is 5.82 Å². The van der Waals surface area contributed by atoms with Gasteiger partial charge in [0.2, 0.25) is 0 Å². The Labute approximate surface area is 137 Å². The van der Waals surface area contributed by atoms with Crippen molar-refractivity contribution in [1.29, 1.82) is 0 Å². The Morgan fingerprint density at radius 2 is 1.90 bits per heavy atom. The third-order valence-corrected chi connectivity index (χ3v) is 5.73. The maximum absolute atomic E-state index is 6.14. The summed E-state index contributed by atoms with van der Waals surface area (Å²) in [7, 11) is 0. The molecule has 2 N–H and O–H groups in total. The van der Waals surface area contributed by atoms with Gasteiger partial charge in [0.1, 0.15) is 11.6 Å². The summed E-state index contributed by atoms with van der Waals surface area (Å²) < 4.78 is 1.11. The highest BCUT2D eigenvalue weighted by Gasteiger charge is 2.15. The average molecular weight is 364 g/mol. The lowest BCUT2D eigenvalue weighted by Crippen LogP contribution is -2.08. The predicted molar refractivity (Wildman–Crippen MR) is 91.4 cm³/mol. The van der Waals surface area contributed by atoms with Crippen molar-refractivity contribution in [3.05, 3.63) is 45.8 Å². The summed E-state index contributed by atoms with van der Waals surface area (Å²) in [5.74, 6) is 2.28. The zero-order valence-electron chi connectivity index (χ0n) is 11.8. The molecule has 0 atom stereocenters. The fraction of sp³-hybridized carbons (Fsp3) is 0.375. The molecule has 1 aliphatic carbocycles. The zero-order valence-corrected chi connectivity index (χ0v) is 14.2. The molecule has 0 bridgehead atoms. The van der Waals surface area contributed by atoms with Crippen LogP contribution in [0.4, 0.5) is 5.82 Å². The fourth-order valence-corrected chi connectivity index (χ4v) is 4.04. The van der Waals surface area contributed by atoms with Gasteiger partial charge >= 0.3 is 0 Å². The van der Waals surface area contributed by atoms with E-state index in [4.69, 9.17) is 10.7 Å². The van der Waals surface area contributed by atoms with Gasteiger partial charge in [0.15, 0.2) is 0 Å². The molecule has 3 rings (SSSR count). The summed E-state index contributed by atoms with van der Waals surface area (Å²) in [4.78, 5) is 10.5. The first kappa shape index (κ1) is 14.9. The molecular formula is C16H18BrN3S. The number of rotatable bonds is 3. The number of aryl methyl sites for hydroxylation is 1. The van der Waals surface area contributed by atoms with Crippen LogP contribution in [0.3, 0.4) is 0 Å². The van der Waals surface area contributed by atoms with Gasteiger partial charge < -0.3 is 5.73 Å². The Morgan fingerprint density at radius 1 is 1.10 bits per heavy atom. The zero-order chi connectivity index (χ0) is 14.7. The highest BCUT2D eigenvalue weighted by molar-refractivity contribution is 9.10. The number of benzene rings is 1. The standard InChI is InChI=1S/C16H18BrN3S/c17-12-7-4-5-9-14(12)21-10-15-19-13-8-3-1-2-6-11(13)16(18)20-15/h4-5,7,9H,1-3,6,8,10H2,(H2,18,19,20). The summed E-state index contributed by atoms with van der Waals surface area (Å²) in [6.45, 7) is 0. The van der Waals surface area contributed by atoms with Crippen molar-refractivity contribution in [3.8, 4) is 0 Å². The monoisotopic (exact) mass is 363 g/mol. The molecule has 0 saturated carbocycles. The van der Waals surface area contributed by atoms with E-state index in [-0.39, 0.29) is 0 Å². The van der Waals surface area contributed by atoms with Gasteiger partial charge in [0.05, 0.1) is 5.75 Å². The molecule has 1 aromatic heterocycles. The van der Waals surface area contributed by atoms with Crippen LogP contribution in [-0.2, 0) is 18.6 Å². The summed E-state index contributed by atoms with van der Waals surface area (Å²) in [6, 6.07) is 8.21.